The lowest BCUT2D eigenvalue weighted by Crippen LogP contribution is -2.20. The third-order valence-electron chi connectivity index (χ3n) is 5.95. The number of nitrogens with one attached hydrogen (secondary N) is 2. The molecule has 1 aromatic heterocycles. The Balaban J connectivity index is 1.50. The van der Waals surface area contributed by atoms with Crippen LogP contribution in [0.25, 0.3) is 0 Å². The highest BCUT2D eigenvalue weighted by Crippen LogP contribution is 2.36. The molecule has 1 aliphatic rings. The number of benzene rings is 2. The smallest absolute Gasteiger partial charge is 0.293 e. The van der Waals surface area contributed by atoms with Gasteiger partial charge in [-0.25, -0.2) is 4.98 Å². The normalized spacial score (nSPS) is 14.8. The molecule has 9 heteroatoms. The van der Waals surface area contributed by atoms with Crippen LogP contribution in [0.5, 0.6) is 0 Å². The highest BCUT2D eigenvalue weighted by molar-refractivity contribution is 8.00. The molecule has 1 heterocycles. The summed E-state index contributed by atoms with van der Waals surface area (Å²) in [7, 11) is 0. The number of nitro groups is 1. The number of amides is 1. The second-order valence-corrected chi connectivity index (χ2v) is 9.50. The van der Waals surface area contributed by atoms with Crippen LogP contribution in [0.3, 0.4) is 0 Å². The van der Waals surface area contributed by atoms with E-state index >= 15 is 0 Å². The zero-order chi connectivity index (χ0) is 23.2. The van der Waals surface area contributed by atoms with Crippen LogP contribution in [0.4, 0.5) is 11.4 Å². The summed E-state index contributed by atoms with van der Waals surface area (Å²) in [6, 6.07) is 14.0. The molecular formula is C24H27N5O3S. The van der Waals surface area contributed by atoms with E-state index < -0.39 is 10.2 Å². The van der Waals surface area contributed by atoms with Crippen LogP contribution < -0.4 is 5.32 Å². The fraction of sp³-hybridized carbons (Fsp3) is 0.375. The van der Waals surface area contributed by atoms with Gasteiger partial charge in [-0.05, 0) is 36.5 Å². The number of aromatic nitrogens is 3. The van der Waals surface area contributed by atoms with Crippen LogP contribution >= 0.6 is 11.8 Å². The van der Waals surface area contributed by atoms with E-state index in [1.807, 2.05) is 30.3 Å². The van der Waals surface area contributed by atoms with Gasteiger partial charge < -0.3 is 5.32 Å². The van der Waals surface area contributed by atoms with Gasteiger partial charge in [0.05, 0.1) is 4.92 Å². The molecule has 1 amide bonds. The molecule has 2 aromatic carbocycles. The Labute approximate surface area is 196 Å². The molecule has 0 saturated heterocycles. The maximum atomic E-state index is 13.3. The first-order valence-electron chi connectivity index (χ1n) is 11.2. The van der Waals surface area contributed by atoms with Gasteiger partial charge in [-0.2, -0.15) is 0 Å². The minimum absolute atomic E-state index is 0.132. The van der Waals surface area contributed by atoms with Crippen LogP contribution in [0.15, 0.2) is 53.7 Å². The van der Waals surface area contributed by atoms with E-state index in [-0.39, 0.29) is 17.3 Å². The van der Waals surface area contributed by atoms with E-state index in [4.69, 9.17) is 0 Å². The van der Waals surface area contributed by atoms with Crippen LogP contribution in [0.1, 0.15) is 54.3 Å². The van der Waals surface area contributed by atoms with Gasteiger partial charge in [-0.15, -0.1) is 5.10 Å². The molecule has 172 valence electrons. The maximum absolute atomic E-state index is 13.3. The van der Waals surface area contributed by atoms with Crippen molar-refractivity contribution < 1.29 is 9.72 Å². The zero-order valence-corrected chi connectivity index (χ0v) is 19.3. The van der Waals surface area contributed by atoms with Crippen LogP contribution in [-0.4, -0.2) is 26.0 Å². The molecule has 0 radical (unpaired) electrons. The maximum Gasteiger partial charge on any atom is 0.293 e. The Morgan fingerprint density at radius 1 is 1.24 bits per heavy atom. The number of nitro benzene ring substituents is 1. The Morgan fingerprint density at radius 3 is 2.73 bits per heavy atom. The summed E-state index contributed by atoms with van der Waals surface area (Å²) in [4.78, 5) is 28.8. The predicted molar refractivity (Wildman–Crippen MR) is 128 cm³/mol. The number of carbonyl (C=O) groups excluding carboxylic acids is 1. The lowest BCUT2D eigenvalue weighted by molar-refractivity contribution is -0.384. The van der Waals surface area contributed by atoms with Crippen molar-refractivity contribution >= 4 is 29.0 Å². The first-order chi connectivity index (χ1) is 16.0. The number of thioether (sulfide) groups is 1. The summed E-state index contributed by atoms with van der Waals surface area (Å²) in [6.45, 7) is 1.77. The predicted octanol–water partition coefficient (Wildman–Crippen LogP) is 5.62. The van der Waals surface area contributed by atoms with E-state index in [0.29, 0.717) is 5.16 Å². The summed E-state index contributed by atoms with van der Waals surface area (Å²) in [5.41, 5.74) is 1.56. The van der Waals surface area contributed by atoms with Gasteiger partial charge in [0.1, 0.15) is 16.8 Å². The van der Waals surface area contributed by atoms with Gasteiger partial charge in [0, 0.05) is 12.5 Å². The molecule has 8 nitrogen and oxygen atoms in total. The fourth-order valence-corrected chi connectivity index (χ4v) is 5.12. The largest absolute Gasteiger partial charge is 0.319 e. The number of hydrogen-bond donors (Lipinski definition) is 2. The Bertz CT molecular complexity index is 1110. The van der Waals surface area contributed by atoms with Gasteiger partial charge in [0.2, 0.25) is 11.1 Å². The Hall–Kier alpha value is -3.20. The Morgan fingerprint density at radius 2 is 2.00 bits per heavy atom. The average Bonchev–Trinajstić information content (AvgIpc) is 3.49. The SMILES string of the molecule is Cc1ccc(NC(=O)C(Sc2n[nH]c(CCC3CCCC3)n2)c2ccccc2)c([N+](=O)[O-])c1. The van der Waals surface area contributed by atoms with Gasteiger partial charge in [-0.3, -0.25) is 20.0 Å². The molecule has 1 aliphatic carbocycles. The monoisotopic (exact) mass is 465 g/mol. The standard InChI is InChI=1S/C24H27N5O3S/c1-16-11-13-19(20(15-16)29(31)32)25-23(30)22(18-9-3-2-4-10-18)33-24-26-21(27-28-24)14-12-17-7-5-6-8-17/h2-4,9-11,13,15,17,22H,5-8,12,14H2,1H3,(H,25,30)(H,26,27,28). The van der Waals surface area contributed by atoms with Crippen LogP contribution in [0, 0.1) is 23.0 Å². The van der Waals surface area contributed by atoms with Crippen molar-refractivity contribution in [1.29, 1.82) is 0 Å². The van der Waals surface area contributed by atoms with Gasteiger partial charge >= 0.3 is 0 Å². The molecule has 3 aromatic rings. The van der Waals surface area contributed by atoms with Crippen LogP contribution in [0.2, 0.25) is 0 Å². The molecule has 4 rings (SSSR count). The highest BCUT2D eigenvalue weighted by Gasteiger charge is 2.26. The lowest BCUT2D eigenvalue weighted by atomic mass is 10.0. The van der Waals surface area contributed by atoms with Crippen molar-refractivity contribution in [2.75, 3.05) is 5.32 Å². The first-order valence-corrected chi connectivity index (χ1v) is 12.1. The fourth-order valence-electron chi connectivity index (χ4n) is 4.19. The Kier molecular flexibility index (Phi) is 7.39. The van der Waals surface area contributed by atoms with Gasteiger partial charge in [0.25, 0.3) is 5.69 Å². The summed E-state index contributed by atoms with van der Waals surface area (Å²) in [5, 5.41) is 21.3. The van der Waals surface area contributed by atoms with Crippen molar-refractivity contribution in [3.05, 3.63) is 75.6 Å². The molecule has 1 atom stereocenters. The van der Waals surface area contributed by atoms with Crippen molar-refractivity contribution in [3.63, 3.8) is 0 Å². The summed E-state index contributed by atoms with van der Waals surface area (Å²) in [5.74, 6) is 1.22. The highest BCUT2D eigenvalue weighted by atomic mass is 32.2. The van der Waals surface area contributed by atoms with Crippen LogP contribution in [-0.2, 0) is 11.2 Å². The molecule has 1 saturated carbocycles. The van der Waals surface area contributed by atoms with E-state index in [0.717, 1.165) is 35.7 Å². The molecule has 2 N–H and O–H groups in total. The summed E-state index contributed by atoms with van der Waals surface area (Å²) in [6.07, 6.45) is 7.15. The number of anilines is 1. The molecule has 1 fully saturated rings. The quantitative estimate of drug-likeness (QED) is 0.241. The molecule has 0 bridgehead atoms. The van der Waals surface area contributed by atoms with Crippen molar-refractivity contribution in [1.82, 2.24) is 15.2 Å². The second-order valence-electron chi connectivity index (χ2n) is 8.43. The lowest BCUT2D eigenvalue weighted by Gasteiger charge is -2.15. The van der Waals surface area contributed by atoms with E-state index in [9.17, 15) is 14.9 Å². The number of nitrogens with zero attached hydrogens (tertiary/aromatic N) is 3. The van der Waals surface area contributed by atoms with Crippen molar-refractivity contribution in [2.45, 2.75) is 55.9 Å². The van der Waals surface area contributed by atoms with E-state index in [1.165, 1.54) is 43.5 Å². The second kappa shape index (κ2) is 10.6. The third kappa shape index (κ3) is 5.98. The molecule has 33 heavy (non-hydrogen) atoms. The van der Waals surface area contributed by atoms with Gasteiger partial charge in [0.15, 0.2) is 0 Å². The number of hydrogen-bond acceptors (Lipinski definition) is 6. The third-order valence-corrected chi connectivity index (χ3v) is 7.06. The minimum atomic E-state index is -0.661. The number of aromatic amines is 1. The molecule has 1 unspecified atom stereocenters. The molecule has 0 spiro atoms. The molecule has 0 aliphatic heterocycles. The van der Waals surface area contributed by atoms with E-state index in [1.54, 1.807) is 19.1 Å². The van der Waals surface area contributed by atoms with Crippen molar-refractivity contribution in [2.24, 2.45) is 5.92 Å². The average molecular weight is 466 g/mol. The van der Waals surface area contributed by atoms with Gasteiger partial charge in [-0.1, -0.05) is 73.8 Å². The summed E-state index contributed by atoms with van der Waals surface area (Å²) >= 11 is 1.23. The number of rotatable bonds is 9. The molecular weight excluding hydrogens is 438 g/mol. The number of H-pyrrole nitrogens is 1. The van der Waals surface area contributed by atoms with Crippen molar-refractivity contribution in [3.8, 4) is 0 Å². The number of carbonyl (C=O) groups is 1. The minimum Gasteiger partial charge on any atom is -0.319 e. The number of aryl methyl sites for hydroxylation is 2. The first kappa shape index (κ1) is 23.0. The summed E-state index contributed by atoms with van der Waals surface area (Å²) < 4.78 is 0. The van der Waals surface area contributed by atoms with E-state index in [2.05, 4.69) is 20.5 Å². The zero-order valence-electron chi connectivity index (χ0n) is 18.5. The topological polar surface area (TPSA) is 114 Å².